The van der Waals surface area contributed by atoms with E-state index in [0.717, 1.165) is 25.7 Å². The van der Waals surface area contributed by atoms with Crippen molar-refractivity contribution >= 4 is 87.1 Å². The summed E-state index contributed by atoms with van der Waals surface area (Å²) in [6.07, 6.45) is 11.4. The van der Waals surface area contributed by atoms with Crippen molar-refractivity contribution in [3.8, 4) is 0 Å². The van der Waals surface area contributed by atoms with E-state index in [9.17, 15) is 0 Å². The largest absolute Gasteiger partial charge is 0.0819 e. The van der Waals surface area contributed by atoms with E-state index in [1.54, 1.807) is 0 Å². The molecule has 0 atom stereocenters. The Morgan fingerprint density at radius 1 is 0.537 bits per heavy atom. The van der Waals surface area contributed by atoms with Crippen LogP contribution in [0.5, 0.6) is 0 Å². The van der Waals surface area contributed by atoms with E-state index in [-0.39, 0.29) is 0 Å². The van der Waals surface area contributed by atoms with Gasteiger partial charge in [0.05, 0.1) is 0 Å². The number of rotatable bonds is 5. The fraction of sp³-hybridized carbons (Fsp3) is 0.222. The highest BCUT2D eigenvalue weighted by Gasteiger charge is 2.25. The molecule has 0 aromatic heterocycles. The number of hydrogen-bond donors (Lipinski definition) is 0. The van der Waals surface area contributed by atoms with E-state index in [4.69, 9.17) is 0 Å². The lowest BCUT2D eigenvalue weighted by atomic mass is 9.85. The summed E-state index contributed by atoms with van der Waals surface area (Å²) in [6, 6.07) is 31.4. The molecule has 9 aromatic carbocycles. The average Bonchev–Trinajstić information content (AvgIpc) is 3.62. The van der Waals surface area contributed by atoms with Gasteiger partial charge in [-0.05, 0) is 212 Å². The van der Waals surface area contributed by atoms with Gasteiger partial charge < -0.3 is 0 Å². The highest BCUT2D eigenvalue weighted by molar-refractivity contribution is 6.38. The highest BCUT2D eigenvalue weighted by atomic mass is 14.3. The van der Waals surface area contributed by atoms with Crippen molar-refractivity contribution in [2.75, 3.05) is 0 Å². The predicted octanol–water partition coefficient (Wildman–Crippen LogP) is 15.5. The molecule has 0 saturated heterocycles. The maximum atomic E-state index is 2.57. The van der Waals surface area contributed by atoms with Crippen molar-refractivity contribution < 1.29 is 0 Å². The minimum absolute atomic E-state index is 0.961. The minimum Gasteiger partial charge on any atom is -0.0819 e. The van der Waals surface area contributed by atoms with Gasteiger partial charge in [-0.3, -0.25) is 0 Å². The van der Waals surface area contributed by atoms with Crippen LogP contribution in [0.1, 0.15) is 83.7 Å². The third kappa shape index (κ3) is 4.75. The van der Waals surface area contributed by atoms with Crippen LogP contribution in [-0.4, -0.2) is 0 Å². The average molecular weight is 697 g/mol. The van der Waals surface area contributed by atoms with Crippen LogP contribution in [0.2, 0.25) is 0 Å². The molecule has 0 radical (unpaired) electrons. The molecule has 10 rings (SSSR count). The zero-order chi connectivity index (χ0) is 37.2. The Morgan fingerprint density at radius 2 is 1.11 bits per heavy atom. The topological polar surface area (TPSA) is 0 Å². The quantitative estimate of drug-likeness (QED) is 0.124. The third-order valence-corrected chi connectivity index (χ3v) is 12.8. The van der Waals surface area contributed by atoms with E-state index < -0.39 is 0 Å². The summed E-state index contributed by atoms with van der Waals surface area (Å²) in [7, 11) is 0. The zero-order valence-electron chi connectivity index (χ0n) is 33.1. The Balaban J connectivity index is 1.28. The summed E-state index contributed by atoms with van der Waals surface area (Å²) in [5.41, 5.74) is 16.9. The second kappa shape index (κ2) is 12.0. The van der Waals surface area contributed by atoms with Gasteiger partial charge in [0.2, 0.25) is 0 Å². The molecule has 0 amide bonds. The molecule has 0 fully saturated rings. The van der Waals surface area contributed by atoms with E-state index in [0.29, 0.717) is 0 Å². The van der Waals surface area contributed by atoms with Crippen LogP contribution in [-0.2, 0) is 12.8 Å². The summed E-state index contributed by atoms with van der Waals surface area (Å²) in [5, 5.41) is 19.5. The standard InChI is InChI=1S/C54H48/c1-9-10-29(2)21-30(3)24-36-13-17-38-40-15-11-32(5)51-42-19-20-43-47(46(42)27-48(53(40)51)44(38)25-36)28-49-45-26-37(50-34(7)22-31(4)23-35(50)8)14-18-39(45)41-16-12-33(6)52(43)54(41)49/h10-13,15-17,19-23,25-28H,9,14,18,24H2,1-8H3/b29-10-,30-21-. The van der Waals surface area contributed by atoms with Gasteiger partial charge in [-0.25, -0.2) is 0 Å². The van der Waals surface area contributed by atoms with Crippen LogP contribution in [0.3, 0.4) is 0 Å². The van der Waals surface area contributed by atoms with E-state index in [1.165, 1.54) is 142 Å². The predicted molar refractivity (Wildman–Crippen MR) is 239 cm³/mol. The van der Waals surface area contributed by atoms with Crippen molar-refractivity contribution in [3.63, 3.8) is 0 Å². The molecular formula is C54H48. The number of benzene rings is 7. The van der Waals surface area contributed by atoms with Crippen LogP contribution >= 0.6 is 0 Å². The molecule has 9 aromatic rings. The Bertz CT molecular complexity index is 3130. The number of hydrogen-bond acceptors (Lipinski definition) is 0. The maximum Gasteiger partial charge on any atom is -0.00172 e. The van der Waals surface area contributed by atoms with Crippen LogP contribution in [0, 0.1) is 34.6 Å². The molecule has 1 aliphatic rings. The van der Waals surface area contributed by atoms with Crippen LogP contribution < -0.4 is 0 Å². The number of fused-ring (bicyclic) bond motifs is 11. The first-order chi connectivity index (χ1) is 26.1. The molecular weight excluding hydrogens is 649 g/mol. The molecule has 0 N–H and O–H groups in total. The van der Waals surface area contributed by atoms with E-state index in [1.807, 2.05) is 0 Å². The summed E-state index contributed by atoms with van der Waals surface area (Å²) in [4.78, 5) is 0. The molecule has 0 heteroatoms. The lowest BCUT2D eigenvalue weighted by Gasteiger charge is -2.19. The number of allylic oxidation sites excluding steroid dienone is 5. The first kappa shape index (κ1) is 33.1. The molecule has 0 nitrogen and oxygen atoms in total. The fourth-order valence-electron chi connectivity index (χ4n) is 10.8. The summed E-state index contributed by atoms with van der Waals surface area (Å²) < 4.78 is 0. The van der Waals surface area contributed by atoms with Crippen molar-refractivity contribution in [3.05, 3.63) is 152 Å². The summed E-state index contributed by atoms with van der Waals surface area (Å²) >= 11 is 0. The maximum absolute atomic E-state index is 2.57. The molecule has 0 aliphatic heterocycles. The SMILES string of the molecule is CC/C=C(C)\C=C(\C)Cc1ccc2c(c1)c1cc3c4cc5c6c(c7ccc(C)c(c4ccc3c3c(C)ccc2c13)c57)CCC(c1c(C)cc(C)cc1C)=C6. The van der Waals surface area contributed by atoms with Crippen LogP contribution in [0.15, 0.2) is 102 Å². The van der Waals surface area contributed by atoms with Crippen LogP contribution in [0.4, 0.5) is 0 Å². The Hall–Kier alpha value is -5.46. The zero-order valence-corrected chi connectivity index (χ0v) is 33.1. The lowest BCUT2D eigenvalue weighted by molar-refractivity contribution is 1.01. The Kier molecular flexibility index (Phi) is 7.38. The molecule has 0 saturated carbocycles. The fourth-order valence-corrected chi connectivity index (χ4v) is 10.8. The summed E-state index contributed by atoms with van der Waals surface area (Å²) in [6.45, 7) is 18.1. The van der Waals surface area contributed by atoms with Gasteiger partial charge in [0.25, 0.3) is 0 Å². The molecule has 0 heterocycles. The van der Waals surface area contributed by atoms with Crippen molar-refractivity contribution in [2.24, 2.45) is 0 Å². The first-order valence-electron chi connectivity index (χ1n) is 20.0. The molecule has 1 aliphatic carbocycles. The van der Waals surface area contributed by atoms with Gasteiger partial charge in [0, 0.05) is 0 Å². The smallest absolute Gasteiger partial charge is 0.00172 e. The van der Waals surface area contributed by atoms with E-state index in [2.05, 4.69) is 152 Å². The van der Waals surface area contributed by atoms with Crippen molar-refractivity contribution in [1.29, 1.82) is 0 Å². The van der Waals surface area contributed by atoms with E-state index >= 15 is 0 Å². The van der Waals surface area contributed by atoms with Gasteiger partial charge in [0.1, 0.15) is 0 Å². The minimum atomic E-state index is 0.961. The van der Waals surface area contributed by atoms with Gasteiger partial charge in [0.15, 0.2) is 0 Å². The molecule has 54 heavy (non-hydrogen) atoms. The number of aryl methyl sites for hydroxylation is 6. The van der Waals surface area contributed by atoms with Gasteiger partial charge in [-0.2, -0.15) is 0 Å². The van der Waals surface area contributed by atoms with Crippen molar-refractivity contribution in [2.45, 2.75) is 81.1 Å². The molecule has 0 spiro atoms. The van der Waals surface area contributed by atoms with Crippen molar-refractivity contribution in [1.82, 2.24) is 0 Å². The molecule has 0 unspecified atom stereocenters. The third-order valence-electron chi connectivity index (χ3n) is 12.8. The second-order valence-electron chi connectivity index (χ2n) is 16.7. The lowest BCUT2D eigenvalue weighted by Crippen LogP contribution is -2.01. The first-order valence-corrected chi connectivity index (χ1v) is 20.0. The molecule has 264 valence electrons. The summed E-state index contributed by atoms with van der Waals surface area (Å²) in [5.74, 6) is 0. The normalized spacial score (nSPS) is 14.3. The monoisotopic (exact) mass is 696 g/mol. The van der Waals surface area contributed by atoms with Gasteiger partial charge in [-0.15, -0.1) is 0 Å². The Labute approximate surface area is 319 Å². The van der Waals surface area contributed by atoms with Gasteiger partial charge >= 0.3 is 0 Å². The Morgan fingerprint density at radius 3 is 1.80 bits per heavy atom. The van der Waals surface area contributed by atoms with Crippen LogP contribution in [0.25, 0.3) is 87.1 Å². The molecule has 0 bridgehead atoms. The van der Waals surface area contributed by atoms with Gasteiger partial charge in [-0.1, -0.05) is 109 Å². The second-order valence-corrected chi connectivity index (χ2v) is 16.7. The highest BCUT2D eigenvalue weighted by Crippen LogP contribution is 2.50.